The van der Waals surface area contributed by atoms with Crippen LogP contribution in [0.15, 0.2) is 76.0 Å². The van der Waals surface area contributed by atoms with Gasteiger partial charge in [0, 0.05) is 11.3 Å². The van der Waals surface area contributed by atoms with Crippen molar-refractivity contribution in [2.24, 2.45) is 4.40 Å². The van der Waals surface area contributed by atoms with Gasteiger partial charge in [-0.3, -0.25) is 0 Å². The van der Waals surface area contributed by atoms with Crippen LogP contribution in [0.2, 0.25) is 5.02 Å². The summed E-state index contributed by atoms with van der Waals surface area (Å²) in [5.41, 5.74) is 1.56. The fraction of sp³-hybridized carbons (Fsp3) is 0.0500. The number of anilines is 1. The molecule has 0 bridgehead atoms. The van der Waals surface area contributed by atoms with Crippen LogP contribution < -0.4 is 5.32 Å². The molecule has 3 rings (SSSR count). The summed E-state index contributed by atoms with van der Waals surface area (Å²) in [5, 5.41) is 2.68. The maximum Gasteiger partial charge on any atom is 0.284 e. The molecule has 0 spiro atoms. The van der Waals surface area contributed by atoms with E-state index >= 15 is 0 Å². The Kier molecular flexibility index (Phi) is 5.76. The molecule has 144 valence electrons. The van der Waals surface area contributed by atoms with E-state index in [1.165, 1.54) is 48.5 Å². The summed E-state index contributed by atoms with van der Waals surface area (Å²) < 4.78 is 56.0. The number of amidine groups is 1. The Morgan fingerprint density at radius 1 is 0.964 bits per heavy atom. The van der Waals surface area contributed by atoms with Crippen LogP contribution in [0.25, 0.3) is 0 Å². The van der Waals surface area contributed by atoms with E-state index in [1.807, 2.05) is 6.92 Å². The molecule has 0 aromatic heterocycles. The van der Waals surface area contributed by atoms with Gasteiger partial charge in [-0.15, -0.1) is 4.40 Å². The smallest absolute Gasteiger partial charge is 0.284 e. The van der Waals surface area contributed by atoms with Gasteiger partial charge in [0.05, 0.1) is 9.92 Å². The van der Waals surface area contributed by atoms with Crippen molar-refractivity contribution < 1.29 is 17.2 Å². The number of halogens is 3. The Balaban J connectivity index is 2.06. The van der Waals surface area contributed by atoms with Crippen molar-refractivity contribution in [3.05, 3.63) is 94.5 Å². The quantitative estimate of drug-likeness (QED) is 0.467. The molecule has 0 unspecified atom stereocenters. The van der Waals surface area contributed by atoms with Crippen molar-refractivity contribution in [3.8, 4) is 0 Å². The SMILES string of the molecule is Cc1ccc(S(=O)(=O)/N=C(\Nc2ccc(F)c(Cl)c2)c2ccc(F)cc2)cc1. The number of benzene rings is 3. The molecule has 0 aliphatic heterocycles. The van der Waals surface area contributed by atoms with Crippen LogP contribution in [0.4, 0.5) is 14.5 Å². The minimum absolute atomic E-state index is 0.0108. The summed E-state index contributed by atoms with van der Waals surface area (Å²) in [6.45, 7) is 1.84. The van der Waals surface area contributed by atoms with Crippen LogP contribution in [-0.4, -0.2) is 14.3 Å². The standard InChI is InChI=1S/C20H15ClF2N2O2S/c1-13-2-9-17(10-3-13)28(26,27)25-20(14-4-6-15(22)7-5-14)24-16-8-11-19(23)18(21)12-16/h2-12H,1H3,(H,24,25). The molecule has 4 nitrogen and oxygen atoms in total. The monoisotopic (exact) mass is 420 g/mol. The summed E-state index contributed by atoms with van der Waals surface area (Å²) in [5.74, 6) is -1.14. The largest absolute Gasteiger partial charge is 0.339 e. The molecule has 8 heteroatoms. The van der Waals surface area contributed by atoms with Gasteiger partial charge in [-0.1, -0.05) is 29.3 Å². The molecule has 0 saturated heterocycles. The first kappa shape index (κ1) is 20.0. The summed E-state index contributed by atoms with van der Waals surface area (Å²) in [7, 11) is -4.05. The van der Waals surface area contributed by atoms with Gasteiger partial charge in [0.1, 0.15) is 11.6 Å². The number of nitrogens with zero attached hydrogens (tertiary/aromatic N) is 1. The van der Waals surface area contributed by atoms with Crippen LogP contribution in [0.5, 0.6) is 0 Å². The van der Waals surface area contributed by atoms with E-state index in [9.17, 15) is 17.2 Å². The van der Waals surface area contributed by atoms with Gasteiger partial charge in [-0.25, -0.2) is 8.78 Å². The second-order valence-corrected chi connectivity index (χ2v) is 8.00. The summed E-state index contributed by atoms with van der Waals surface area (Å²) in [6, 6.07) is 15.2. The highest BCUT2D eigenvalue weighted by atomic mass is 35.5. The van der Waals surface area contributed by atoms with Gasteiger partial charge >= 0.3 is 0 Å². The molecule has 3 aromatic rings. The molecule has 0 radical (unpaired) electrons. The molecule has 0 heterocycles. The Morgan fingerprint density at radius 2 is 1.61 bits per heavy atom. The van der Waals surface area contributed by atoms with Crippen LogP contribution >= 0.6 is 11.6 Å². The number of nitrogens with one attached hydrogen (secondary N) is 1. The second kappa shape index (κ2) is 8.08. The zero-order valence-electron chi connectivity index (χ0n) is 14.7. The third-order valence-electron chi connectivity index (χ3n) is 3.83. The first-order chi connectivity index (χ1) is 13.2. The lowest BCUT2D eigenvalue weighted by atomic mass is 10.2. The molecule has 28 heavy (non-hydrogen) atoms. The molecule has 0 aliphatic carbocycles. The van der Waals surface area contributed by atoms with Gasteiger partial charge in [0.2, 0.25) is 0 Å². The fourth-order valence-corrected chi connectivity index (χ4v) is 3.51. The highest BCUT2D eigenvalue weighted by molar-refractivity contribution is 7.90. The van der Waals surface area contributed by atoms with Crippen LogP contribution in [0.1, 0.15) is 11.1 Å². The van der Waals surface area contributed by atoms with Crippen molar-refractivity contribution in [1.82, 2.24) is 0 Å². The minimum Gasteiger partial charge on any atom is -0.339 e. The predicted molar refractivity (Wildman–Crippen MR) is 106 cm³/mol. The molecule has 0 amide bonds. The molecule has 0 saturated carbocycles. The molecule has 0 fully saturated rings. The Labute approximate surface area is 166 Å². The normalized spacial score (nSPS) is 12.1. The van der Waals surface area contributed by atoms with Crippen molar-refractivity contribution in [1.29, 1.82) is 0 Å². The predicted octanol–water partition coefficient (Wildman–Crippen LogP) is 5.17. The fourth-order valence-electron chi connectivity index (χ4n) is 2.35. The number of hydrogen-bond donors (Lipinski definition) is 1. The average molecular weight is 421 g/mol. The summed E-state index contributed by atoms with van der Waals surface area (Å²) >= 11 is 5.79. The highest BCUT2D eigenvalue weighted by Gasteiger charge is 2.16. The zero-order valence-corrected chi connectivity index (χ0v) is 16.2. The van der Waals surface area contributed by atoms with Gasteiger partial charge in [0.25, 0.3) is 10.0 Å². The highest BCUT2D eigenvalue weighted by Crippen LogP contribution is 2.21. The van der Waals surface area contributed by atoms with Crippen molar-refractivity contribution in [2.45, 2.75) is 11.8 Å². The minimum atomic E-state index is -4.05. The van der Waals surface area contributed by atoms with Crippen molar-refractivity contribution in [2.75, 3.05) is 5.32 Å². The van der Waals surface area contributed by atoms with E-state index in [1.54, 1.807) is 12.1 Å². The third kappa shape index (κ3) is 4.74. The first-order valence-corrected chi connectivity index (χ1v) is 9.96. The topological polar surface area (TPSA) is 58.5 Å². The van der Waals surface area contributed by atoms with E-state index in [2.05, 4.69) is 9.71 Å². The van der Waals surface area contributed by atoms with E-state index in [-0.39, 0.29) is 15.8 Å². The first-order valence-electron chi connectivity index (χ1n) is 8.14. The number of rotatable bonds is 4. The number of sulfonamides is 1. The zero-order chi connectivity index (χ0) is 20.3. The van der Waals surface area contributed by atoms with Crippen LogP contribution in [-0.2, 0) is 10.0 Å². The molecular formula is C20H15ClF2N2O2S. The maximum atomic E-state index is 13.4. The van der Waals surface area contributed by atoms with E-state index in [4.69, 9.17) is 11.6 Å². The van der Waals surface area contributed by atoms with Crippen molar-refractivity contribution in [3.63, 3.8) is 0 Å². The average Bonchev–Trinajstić information content (AvgIpc) is 2.65. The molecule has 1 N–H and O–H groups in total. The van der Waals surface area contributed by atoms with Crippen LogP contribution in [0, 0.1) is 18.6 Å². The summed E-state index contributed by atoms with van der Waals surface area (Å²) in [6.07, 6.45) is 0. The number of aryl methyl sites for hydroxylation is 1. The second-order valence-electron chi connectivity index (χ2n) is 5.99. The molecule has 3 aromatic carbocycles. The third-order valence-corrected chi connectivity index (χ3v) is 5.41. The van der Waals surface area contributed by atoms with Gasteiger partial charge in [0.15, 0.2) is 5.84 Å². The molecule has 0 aliphatic rings. The Morgan fingerprint density at radius 3 is 2.21 bits per heavy atom. The van der Waals surface area contributed by atoms with E-state index in [0.717, 1.165) is 11.6 Å². The molecule has 0 atom stereocenters. The Hall–Kier alpha value is -2.77. The lowest BCUT2D eigenvalue weighted by molar-refractivity contribution is 0.598. The van der Waals surface area contributed by atoms with E-state index < -0.39 is 21.7 Å². The number of hydrogen-bond acceptors (Lipinski definition) is 2. The van der Waals surface area contributed by atoms with Gasteiger partial charge in [-0.2, -0.15) is 8.42 Å². The van der Waals surface area contributed by atoms with Crippen LogP contribution in [0.3, 0.4) is 0 Å². The van der Waals surface area contributed by atoms with Gasteiger partial charge < -0.3 is 5.32 Å². The molecular weight excluding hydrogens is 406 g/mol. The summed E-state index contributed by atoms with van der Waals surface area (Å²) in [4.78, 5) is 0.0108. The van der Waals surface area contributed by atoms with Gasteiger partial charge in [-0.05, 0) is 61.5 Å². The lowest BCUT2D eigenvalue weighted by Crippen LogP contribution is -2.16. The lowest BCUT2D eigenvalue weighted by Gasteiger charge is -2.11. The van der Waals surface area contributed by atoms with Crippen molar-refractivity contribution >= 4 is 33.1 Å². The maximum absolute atomic E-state index is 13.4. The Bertz CT molecular complexity index is 1130. The van der Waals surface area contributed by atoms with E-state index in [0.29, 0.717) is 11.3 Å².